The van der Waals surface area contributed by atoms with Crippen molar-refractivity contribution in [1.29, 1.82) is 0 Å². The summed E-state index contributed by atoms with van der Waals surface area (Å²) in [6.07, 6.45) is 74.3. The van der Waals surface area contributed by atoms with E-state index in [0.717, 1.165) is 109 Å². The molecule has 3 N–H and O–H groups in total. The number of carbonyl (C=O) groups excluding carboxylic acids is 4. The summed E-state index contributed by atoms with van der Waals surface area (Å²) in [5.41, 5.74) is 0. The minimum absolute atomic E-state index is 0.0859. The smallest absolute Gasteiger partial charge is 0.462 e. The van der Waals surface area contributed by atoms with Crippen LogP contribution in [-0.2, 0) is 65.4 Å². The van der Waals surface area contributed by atoms with Gasteiger partial charge in [0.2, 0.25) is 0 Å². The first-order chi connectivity index (χ1) is 51.0. The van der Waals surface area contributed by atoms with Gasteiger partial charge in [0, 0.05) is 25.7 Å². The average molecular weight is 1530 g/mol. The monoisotopic (exact) mass is 1530 g/mol. The van der Waals surface area contributed by atoms with Crippen molar-refractivity contribution < 1.29 is 80.2 Å². The molecule has 0 bridgehead atoms. The van der Waals surface area contributed by atoms with Gasteiger partial charge in [0.1, 0.15) is 19.3 Å². The van der Waals surface area contributed by atoms with Gasteiger partial charge in [-0.3, -0.25) is 37.3 Å². The summed E-state index contributed by atoms with van der Waals surface area (Å²) in [5.74, 6) is -1.31. The van der Waals surface area contributed by atoms with E-state index in [9.17, 15) is 43.2 Å². The van der Waals surface area contributed by atoms with E-state index in [1.54, 1.807) is 0 Å². The molecule has 0 radical (unpaired) electrons. The summed E-state index contributed by atoms with van der Waals surface area (Å²) in [5, 5.41) is 10.7. The summed E-state index contributed by atoms with van der Waals surface area (Å²) in [7, 11) is -9.94. The van der Waals surface area contributed by atoms with Crippen LogP contribution in [0.2, 0.25) is 0 Å². The molecule has 0 aromatic carbocycles. The SMILES string of the molecule is CCCCCC/C=C\C=C/CCCCCCCC(=O)O[C@H](COC(=O)CCCCCCCCCCCCCCC)COP(=O)(O)OC[C@H](O)COP(=O)(O)OC[C@@H](COC(=O)CCCCCCCCCCCCCCCCCC)OC(=O)CCCCCCCCCCCCCCCCCCCCC(C)C. The molecule has 105 heavy (non-hydrogen) atoms. The van der Waals surface area contributed by atoms with E-state index >= 15 is 0 Å². The Morgan fingerprint density at radius 2 is 0.514 bits per heavy atom. The lowest BCUT2D eigenvalue weighted by Crippen LogP contribution is -2.30. The quantitative estimate of drug-likeness (QED) is 0.0169. The number of ether oxygens (including phenoxy) is 4. The van der Waals surface area contributed by atoms with Gasteiger partial charge in [-0.25, -0.2) is 9.13 Å². The lowest BCUT2D eigenvalue weighted by atomic mass is 10.0. The number of rotatable bonds is 84. The van der Waals surface area contributed by atoms with Gasteiger partial charge in [-0.15, -0.1) is 0 Å². The number of unbranched alkanes of at least 4 members (excludes halogenated alkanes) is 53. The third kappa shape index (κ3) is 79.4. The Bertz CT molecular complexity index is 2090. The molecule has 0 saturated carbocycles. The van der Waals surface area contributed by atoms with Crippen molar-refractivity contribution in [2.75, 3.05) is 39.6 Å². The topological polar surface area (TPSA) is 237 Å². The highest BCUT2D eigenvalue weighted by Crippen LogP contribution is 2.45. The number of hydrogen-bond acceptors (Lipinski definition) is 15. The van der Waals surface area contributed by atoms with E-state index in [4.69, 9.17) is 37.0 Å². The largest absolute Gasteiger partial charge is 0.472 e. The standard InChI is InChI=1S/C86H164O17P2/c1-6-9-12-15-18-21-24-27-29-36-40-45-50-55-60-65-70-84(89)97-76-82(103-86(91)72-67-62-57-52-47-42-37-33-31-30-32-35-39-43-48-53-58-63-68-79(4)5)78-101-105(94,95)99-74-80(87)73-98-104(92,93)100-77-81(75-96-83(88)69-64-59-54-49-44-38-26-23-20-17-14-11-8-3)102-85(90)71-66-61-56-51-46-41-34-28-25-22-19-16-13-10-7-2/h22,25,28,34,79-82,87H,6-21,23-24,26-27,29-33,35-78H2,1-5H3,(H,92,93)(H,94,95)/b25-22-,34-28-/t80-,81+,82+/m0/s1. The van der Waals surface area contributed by atoms with Gasteiger partial charge in [0.25, 0.3) is 0 Å². The number of phosphoric acid groups is 2. The van der Waals surface area contributed by atoms with Gasteiger partial charge in [0.05, 0.1) is 26.4 Å². The molecule has 0 saturated heterocycles. The Kier molecular flexibility index (Phi) is 76.4. The van der Waals surface area contributed by atoms with Crippen LogP contribution in [0.1, 0.15) is 439 Å². The molecule has 19 heteroatoms. The van der Waals surface area contributed by atoms with E-state index in [0.29, 0.717) is 25.7 Å². The molecule has 0 aliphatic rings. The molecule has 0 aromatic rings. The maximum Gasteiger partial charge on any atom is 0.472 e. The fourth-order valence-corrected chi connectivity index (χ4v) is 14.5. The minimum Gasteiger partial charge on any atom is -0.462 e. The van der Waals surface area contributed by atoms with E-state index in [1.165, 1.54) is 250 Å². The summed E-state index contributed by atoms with van der Waals surface area (Å²) in [6.45, 7) is 7.34. The first kappa shape index (κ1) is 103. The molecule has 17 nitrogen and oxygen atoms in total. The van der Waals surface area contributed by atoms with Gasteiger partial charge in [-0.05, 0) is 57.3 Å². The van der Waals surface area contributed by atoms with Gasteiger partial charge < -0.3 is 33.8 Å². The summed E-state index contributed by atoms with van der Waals surface area (Å²) < 4.78 is 68.9. The van der Waals surface area contributed by atoms with Crippen molar-refractivity contribution in [2.24, 2.45) is 5.92 Å². The lowest BCUT2D eigenvalue weighted by Gasteiger charge is -2.21. The Labute approximate surface area is 643 Å². The predicted octanol–water partition coefficient (Wildman–Crippen LogP) is 25.9. The number of carbonyl (C=O) groups is 4. The number of esters is 4. The van der Waals surface area contributed by atoms with Gasteiger partial charge in [-0.1, -0.05) is 386 Å². The molecule has 0 aromatic heterocycles. The Hall–Kier alpha value is -2.46. The van der Waals surface area contributed by atoms with Crippen molar-refractivity contribution >= 4 is 39.5 Å². The van der Waals surface area contributed by atoms with E-state index in [-0.39, 0.29) is 25.7 Å². The van der Waals surface area contributed by atoms with Crippen LogP contribution in [0.15, 0.2) is 24.3 Å². The Balaban J connectivity index is 5.28. The number of allylic oxidation sites excluding steroid dienone is 4. The highest BCUT2D eigenvalue weighted by Gasteiger charge is 2.30. The van der Waals surface area contributed by atoms with Crippen LogP contribution in [0.3, 0.4) is 0 Å². The molecule has 0 fully saturated rings. The zero-order valence-electron chi connectivity index (χ0n) is 68.4. The maximum absolute atomic E-state index is 13.1. The molecule has 0 spiro atoms. The van der Waals surface area contributed by atoms with Crippen molar-refractivity contribution in [3.63, 3.8) is 0 Å². The van der Waals surface area contributed by atoms with E-state index in [1.807, 2.05) is 0 Å². The molecule has 0 rings (SSSR count). The molecule has 5 atom stereocenters. The summed E-state index contributed by atoms with van der Waals surface area (Å²) in [6, 6.07) is 0. The van der Waals surface area contributed by atoms with Crippen molar-refractivity contribution in [3.05, 3.63) is 24.3 Å². The van der Waals surface area contributed by atoms with Crippen molar-refractivity contribution in [1.82, 2.24) is 0 Å². The van der Waals surface area contributed by atoms with Gasteiger partial charge in [-0.2, -0.15) is 0 Å². The molecule has 0 heterocycles. The zero-order chi connectivity index (χ0) is 76.9. The van der Waals surface area contributed by atoms with Crippen LogP contribution in [0, 0.1) is 5.92 Å². The highest BCUT2D eigenvalue weighted by molar-refractivity contribution is 7.47. The first-order valence-electron chi connectivity index (χ1n) is 44.0. The second-order valence-electron chi connectivity index (χ2n) is 30.7. The summed E-state index contributed by atoms with van der Waals surface area (Å²) in [4.78, 5) is 73.2. The van der Waals surface area contributed by atoms with E-state index in [2.05, 4.69) is 58.9 Å². The number of phosphoric ester groups is 2. The lowest BCUT2D eigenvalue weighted by molar-refractivity contribution is -0.161. The average Bonchev–Trinajstić information content (AvgIpc) is 0.908. The predicted molar refractivity (Wildman–Crippen MR) is 432 cm³/mol. The van der Waals surface area contributed by atoms with Crippen molar-refractivity contribution in [3.8, 4) is 0 Å². The van der Waals surface area contributed by atoms with Crippen LogP contribution in [0.4, 0.5) is 0 Å². The number of aliphatic hydroxyl groups is 1. The number of hydrogen-bond donors (Lipinski definition) is 3. The fourth-order valence-electron chi connectivity index (χ4n) is 12.9. The Morgan fingerprint density at radius 3 is 0.781 bits per heavy atom. The third-order valence-corrected chi connectivity index (χ3v) is 21.6. The highest BCUT2D eigenvalue weighted by atomic mass is 31.2. The third-order valence-electron chi connectivity index (χ3n) is 19.7. The molecule has 620 valence electrons. The van der Waals surface area contributed by atoms with Gasteiger partial charge in [0.15, 0.2) is 12.2 Å². The van der Waals surface area contributed by atoms with Crippen LogP contribution >= 0.6 is 15.6 Å². The zero-order valence-corrected chi connectivity index (χ0v) is 70.1. The van der Waals surface area contributed by atoms with E-state index < -0.39 is 97.5 Å². The molecular weight excluding hydrogens is 1370 g/mol. The Morgan fingerprint density at radius 1 is 0.295 bits per heavy atom. The van der Waals surface area contributed by atoms with Crippen molar-refractivity contribution in [2.45, 2.75) is 457 Å². The normalized spacial score (nSPS) is 13.9. The van der Waals surface area contributed by atoms with Crippen LogP contribution in [0.5, 0.6) is 0 Å². The second kappa shape index (κ2) is 78.2. The second-order valence-corrected chi connectivity index (χ2v) is 33.6. The maximum atomic E-state index is 13.1. The fraction of sp³-hybridized carbons (Fsp3) is 0.907. The first-order valence-corrected chi connectivity index (χ1v) is 46.9. The van der Waals surface area contributed by atoms with Crippen LogP contribution in [-0.4, -0.2) is 96.7 Å². The number of aliphatic hydroxyl groups excluding tert-OH is 1. The molecule has 0 aliphatic carbocycles. The minimum atomic E-state index is -4.97. The molecular formula is C86H164O17P2. The molecule has 0 amide bonds. The van der Waals surface area contributed by atoms with Gasteiger partial charge >= 0.3 is 39.5 Å². The molecule has 2 unspecified atom stereocenters. The summed E-state index contributed by atoms with van der Waals surface area (Å²) >= 11 is 0. The van der Waals surface area contributed by atoms with Crippen LogP contribution < -0.4 is 0 Å². The van der Waals surface area contributed by atoms with Crippen LogP contribution in [0.25, 0.3) is 0 Å². The molecule has 0 aliphatic heterocycles.